The second-order valence-corrected chi connectivity index (χ2v) is 7.65. The van der Waals surface area contributed by atoms with Gasteiger partial charge in [-0.3, -0.25) is 9.98 Å². The highest BCUT2D eigenvalue weighted by molar-refractivity contribution is 6.31. The number of nitrogens with zero attached hydrogens (tertiary/aromatic N) is 2. The molecule has 1 aromatic heterocycles. The van der Waals surface area contributed by atoms with Gasteiger partial charge in [0.25, 0.3) is 0 Å². The monoisotopic (exact) mass is 409 g/mol. The first kappa shape index (κ1) is 18.5. The van der Waals surface area contributed by atoms with Crippen LogP contribution in [0.25, 0.3) is 27.8 Å². The smallest absolute Gasteiger partial charge is 0.208 e. The maximum atomic E-state index is 8.93. The van der Waals surface area contributed by atoms with Gasteiger partial charge in [-0.05, 0) is 47.0 Å². The fourth-order valence-electron chi connectivity index (χ4n) is 3.88. The standard InChI is InChI=1S/C26H20ClN3/c27-23-11-5-4-10-21(23)18-29-24-12-6-7-13-25(24)30(26(29)28)22-16-14-20(15-17-22)19-8-2-1-3-9-19/h1-17,28H,18H2. The highest BCUT2D eigenvalue weighted by Gasteiger charge is 2.13. The number of rotatable bonds is 4. The zero-order chi connectivity index (χ0) is 20.5. The summed E-state index contributed by atoms with van der Waals surface area (Å²) in [5, 5.41) is 9.65. The SMILES string of the molecule is N=c1n(Cc2ccccc2Cl)c2ccccc2n1-c1ccc(-c2ccccc2)cc1. The third-order valence-corrected chi connectivity index (χ3v) is 5.77. The molecule has 0 atom stereocenters. The van der Waals surface area contributed by atoms with Crippen molar-refractivity contribution >= 4 is 22.6 Å². The van der Waals surface area contributed by atoms with Crippen molar-refractivity contribution in [1.82, 2.24) is 9.13 Å². The van der Waals surface area contributed by atoms with Crippen LogP contribution in [0, 0.1) is 5.41 Å². The number of aromatic nitrogens is 2. The van der Waals surface area contributed by atoms with E-state index in [0.717, 1.165) is 27.8 Å². The molecular weight excluding hydrogens is 390 g/mol. The molecule has 30 heavy (non-hydrogen) atoms. The predicted octanol–water partition coefficient (Wildman–Crippen LogP) is 6.28. The summed E-state index contributed by atoms with van der Waals surface area (Å²) < 4.78 is 3.99. The van der Waals surface area contributed by atoms with Gasteiger partial charge in [-0.2, -0.15) is 0 Å². The molecule has 3 nitrogen and oxygen atoms in total. The molecule has 1 N–H and O–H groups in total. The highest BCUT2D eigenvalue weighted by atomic mass is 35.5. The van der Waals surface area contributed by atoms with E-state index in [1.807, 2.05) is 63.7 Å². The molecule has 146 valence electrons. The lowest BCUT2D eigenvalue weighted by Crippen LogP contribution is -2.24. The minimum Gasteiger partial charge on any atom is -0.306 e. The second kappa shape index (κ2) is 7.69. The van der Waals surface area contributed by atoms with Gasteiger partial charge in [0.2, 0.25) is 5.62 Å². The first-order chi connectivity index (χ1) is 14.7. The van der Waals surface area contributed by atoms with Crippen LogP contribution in [-0.2, 0) is 6.54 Å². The number of para-hydroxylation sites is 2. The van der Waals surface area contributed by atoms with Gasteiger partial charge in [0.15, 0.2) is 0 Å². The molecule has 0 aliphatic rings. The Hall–Kier alpha value is -3.56. The largest absolute Gasteiger partial charge is 0.306 e. The number of hydrogen-bond acceptors (Lipinski definition) is 1. The first-order valence-corrected chi connectivity index (χ1v) is 10.2. The van der Waals surface area contributed by atoms with Crippen molar-refractivity contribution in [3.8, 4) is 16.8 Å². The summed E-state index contributed by atoms with van der Waals surface area (Å²) in [5.41, 5.74) is 6.74. The maximum absolute atomic E-state index is 8.93. The van der Waals surface area contributed by atoms with Crippen LogP contribution in [0.4, 0.5) is 0 Å². The Morgan fingerprint density at radius 2 is 1.23 bits per heavy atom. The summed E-state index contributed by atoms with van der Waals surface area (Å²) in [5.74, 6) is 0. The van der Waals surface area contributed by atoms with Crippen molar-refractivity contribution in [3.63, 3.8) is 0 Å². The number of nitrogens with one attached hydrogen (secondary N) is 1. The molecule has 0 fully saturated rings. The van der Waals surface area contributed by atoms with E-state index < -0.39 is 0 Å². The predicted molar refractivity (Wildman–Crippen MR) is 123 cm³/mol. The molecule has 4 heteroatoms. The van der Waals surface area contributed by atoms with Crippen molar-refractivity contribution in [2.45, 2.75) is 6.54 Å². The van der Waals surface area contributed by atoms with Crippen molar-refractivity contribution in [2.75, 3.05) is 0 Å². The van der Waals surface area contributed by atoms with Crippen LogP contribution < -0.4 is 5.62 Å². The number of benzene rings is 4. The van der Waals surface area contributed by atoms with Crippen molar-refractivity contribution in [2.24, 2.45) is 0 Å². The lowest BCUT2D eigenvalue weighted by atomic mass is 10.1. The fraction of sp³-hybridized carbons (Fsp3) is 0.0385. The molecule has 4 aromatic carbocycles. The Morgan fingerprint density at radius 1 is 0.633 bits per heavy atom. The van der Waals surface area contributed by atoms with Gasteiger partial charge in [-0.1, -0.05) is 84.4 Å². The molecule has 0 amide bonds. The number of fused-ring (bicyclic) bond motifs is 1. The van der Waals surface area contributed by atoms with Gasteiger partial charge in [-0.15, -0.1) is 0 Å². The quantitative estimate of drug-likeness (QED) is 0.362. The zero-order valence-corrected chi connectivity index (χ0v) is 17.1. The lowest BCUT2D eigenvalue weighted by molar-refractivity contribution is 0.724. The third kappa shape index (κ3) is 3.23. The summed E-state index contributed by atoms with van der Waals surface area (Å²) in [6.07, 6.45) is 0. The molecule has 0 aliphatic heterocycles. The molecule has 5 aromatic rings. The van der Waals surface area contributed by atoms with Gasteiger partial charge >= 0.3 is 0 Å². The Kier molecular flexibility index (Phi) is 4.74. The molecule has 0 bridgehead atoms. The van der Waals surface area contributed by atoms with E-state index >= 15 is 0 Å². The Balaban J connectivity index is 1.63. The van der Waals surface area contributed by atoms with Crippen LogP contribution >= 0.6 is 11.6 Å². The van der Waals surface area contributed by atoms with Gasteiger partial charge < -0.3 is 4.57 Å². The maximum Gasteiger partial charge on any atom is 0.208 e. The van der Waals surface area contributed by atoms with Crippen LogP contribution in [-0.4, -0.2) is 9.13 Å². The van der Waals surface area contributed by atoms with Crippen molar-refractivity contribution < 1.29 is 0 Å². The third-order valence-electron chi connectivity index (χ3n) is 5.40. The van der Waals surface area contributed by atoms with E-state index in [1.54, 1.807) is 0 Å². The Labute approximate surface area is 179 Å². The van der Waals surface area contributed by atoms with Gasteiger partial charge in [0.05, 0.1) is 17.6 Å². The summed E-state index contributed by atoms with van der Waals surface area (Å²) in [7, 11) is 0. The molecule has 0 unspecified atom stereocenters. The van der Waals surface area contributed by atoms with Crippen molar-refractivity contribution in [1.29, 1.82) is 5.41 Å². The molecule has 0 radical (unpaired) electrons. The van der Waals surface area contributed by atoms with Gasteiger partial charge in [0.1, 0.15) is 0 Å². The van der Waals surface area contributed by atoms with Crippen LogP contribution in [0.1, 0.15) is 5.56 Å². The van der Waals surface area contributed by atoms with E-state index in [1.165, 1.54) is 5.56 Å². The van der Waals surface area contributed by atoms with E-state index in [2.05, 4.69) is 48.5 Å². The van der Waals surface area contributed by atoms with E-state index in [9.17, 15) is 0 Å². The molecule has 0 aliphatic carbocycles. The summed E-state index contributed by atoms with van der Waals surface area (Å²) >= 11 is 6.40. The minimum atomic E-state index is 0.420. The lowest BCUT2D eigenvalue weighted by Gasteiger charge is -2.08. The molecule has 0 saturated carbocycles. The summed E-state index contributed by atoms with van der Waals surface area (Å²) in [4.78, 5) is 0. The average Bonchev–Trinajstić information content (AvgIpc) is 3.07. The molecular formula is C26H20ClN3. The number of imidazole rings is 1. The average molecular weight is 410 g/mol. The van der Waals surface area contributed by atoms with Crippen LogP contribution in [0.15, 0.2) is 103 Å². The first-order valence-electron chi connectivity index (χ1n) is 9.86. The van der Waals surface area contributed by atoms with Gasteiger partial charge in [-0.25, -0.2) is 0 Å². The van der Waals surface area contributed by atoms with Crippen LogP contribution in [0.5, 0.6) is 0 Å². The van der Waals surface area contributed by atoms with Crippen molar-refractivity contribution in [3.05, 3.63) is 119 Å². The number of halogens is 1. The summed E-state index contributed by atoms with van der Waals surface area (Å²) in [6.45, 7) is 0.550. The van der Waals surface area contributed by atoms with E-state index in [-0.39, 0.29) is 0 Å². The van der Waals surface area contributed by atoms with Gasteiger partial charge in [0, 0.05) is 10.7 Å². The highest BCUT2D eigenvalue weighted by Crippen LogP contribution is 2.24. The van der Waals surface area contributed by atoms with E-state index in [0.29, 0.717) is 17.2 Å². The topological polar surface area (TPSA) is 33.7 Å². The van der Waals surface area contributed by atoms with Crippen LogP contribution in [0.3, 0.4) is 0 Å². The normalized spacial score (nSPS) is 11.1. The second-order valence-electron chi connectivity index (χ2n) is 7.24. The zero-order valence-electron chi connectivity index (χ0n) is 16.3. The summed E-state index contributed by atoms with van der Waals surface area (Å²) in [6, 6.07) is 34.6. The Bertz CT molecular complexity index is 1380. The molecule has 0 saturated heterocycles. The van der Waals surface area contributed by atoms with E-state index in [4.69, 9.17) is 17.0 Å². The number of hydrogen-bond donors (Lipinski definition) is 1. The minimum absolute atomic E-state index is 0.420. The molecule has 0 spiro atoms. The van der Waals surface area contributed by atoms with Crippen LogP contribution in [0.2, 0.25) is 5.02 Å². The molecule has 5 rings (SSSR count). The molecule has 1 heterocycles. The fourth-order valence-corrected chi connectivity index (χ4v) is 4.08. The Morgan fingerprint density at radius 3 is 1.97 bits per heavy atom.